The van der Waals surface area contributed by atoms with Crippen LogP contribution in [0.15, 0.2) is 66.7 Å². The van der Waals surface area contributed by atoms with E-state index in [0.717, 1.165) is 22.5 Å². The molecule has 4 rings (SSSR count). The number of hydrogen-bond donors (Lipinski definition) is 0. The van der Waals surface area contributed by atoms with E-state index in [0.29, 0.717) is 25.7 Å². The Labute approximate surface area is 191 Å². The van der Waals surface area contributed by atoms with Gasteiger partial charge in [-0.1, -0.05) is 89.4 Å². The lowest BCUT2D eigenvalue weighted by molar-refractivity contribution is 0.0480. The number of carbonyl (C=O) groups excluding carboxylic acids is 2. The van der Waals surface area contributed by atoms with Crippen LogP contribution in [0.5, 0.6) is 0 Å². The molecular weight excluding hydrogens is 463 g/mol. The van der Waals surface area contributed by atoms with Gasteiger partial charge in [-0.15, -0.1) is 11.3 Å². The van der Waals surface area contributed by atoms with Gasteiger partial charge < -0.3 is 4.74 Å². The number of thiophene rings is 1. The van der Waals surface area contributed by atoms with Crippen LogP contribution in [0.2, 0.25) is 15.1 Å². The van der Waals surface area contributed by atoms with Crippen LogP contribution >= 0.6 is 46.1 Å². The Morgan fingerprint density at radius 1 is 0.867 bits per heavy atom. The maximum Gasteiger partial charge on any atom is 0.350 e. The number of rotatable bonds is 5. The Bertz CT molecular complexity index is 1250. The minimum Gasteiger partial charge on any atom is -0.453 e. The molecule has 0 aliphatic heterocycles. The summed E-state index contributed by atoms with van der Waals surface area (Å²) in [6.07, 6.45) is 0. The van der Waals surface area contributed by atoms with E-state index in [1.54, 1.807) is 24.3 Å². The maximum absolute atomic E-state index is 12.5. The minimum absolute atomic E-state index is 0.183. The number of esters is 1. The molecule has 0 saturated carbocycles. The third-order valence-corrected chi connectivity index (χ3v) is 6.61. The van der Waals surface area contributed by atoms with Crippen molar-refractivity contribution in [2.45, 2.75) is 0 Å². The summed E-state index contributed by atoms with van der Waals surface area (Å²) < 4.78 is 5.87. The number of halogens is 3. The molecule has 0 unspecified atom stereocenters. The molecule has 0 aliphatic carbocycles. The molecular formula is C23H13Cl3O3S. The molecule has 0 radical (unpaired) electrons. The topological polar surface area (TPSA) is 43.4 Å². The van der Waals surface area contributed by atoms with E-state index in [1.165, 1.54) is 0 Å². The van der Waals surface area contributed by atoms with Crippen molar-refractivity contribution < 1.29 is 14.3 Å². The van der Waals surface area contributed by atoms with Crippen molar-refractivity contribution in [3.63, 3.8) is 0 Å². The molecule has 7 heteroatoms. The third kappa shape index (κ3) is 4.23. The standard InChI is InChI=1S/C23H13Cl3O3S/c24-16-10-17(25)20-19(11-16)30-22(21(20)26)23(28)29-12-18(27)15-8-6-14(7-9-15)13-4-2-1-3-5-13/h1-11H,12H2. The molecule has 1 heterocycles. The summed E-state index contributed by atoms with van der Waals surface area (Å²) in [6.45, 7) is -0.386. The van der Waals surface area contributed by atoms with Crippen LogP contribution in [0, 0.1) is 0 Å². The second-order valence-corrected chi connectivity index (χ2v) is 8.72. The molecule has 0 N–H and O–H groups in total. The highest BCUT2D eigenvalue weighted by molar-refractivity contribution is 7.21. The number of hydrogen-bond acceptors (Lipinski definition) is 4. The number of fused-ring (bicyclic) bond motifs is 1. The van der Waals surface area contributed by atoms with Crippen LogP contribution < -0.4 is 0 Å². The fraction of sp³-hybridized carbons (Fsp3) is 0.0435. The van der Waals surface area contributed by atoms with Crippen molar-refractivity contribution in [3.8, 4) is 11.1 Å². The van der Waals surface area contributed by atoms with Gasteiger partial charge in [-0.3, -0.25) is 4.79 Å². The van der Waals surface area contributed by atoms with Gasteiger partial charge in [0.05, 0.1) is 10.0 Å². The molecule has 3 aromatic carbocycles. The normalized spacial score (nSPS) is 10.9. The Morgan fingerprint density at radius 3 is 2.23 bits per heavy atom. The molecule has 0 saturated heterocycles. The SMILES string of the molecule is O=C(COC(=O)c1sc2cc(Cl)cc(Cl)c2c1Cl)c1ccc(-c2ccccc2)cc1. The van der Waals surface area contributed by atoms with E-state index in [2.05, 4.69) is 0 Å². The molecule has 0 spiro atoms. The zero-order valence-corrected chi connectivity index (χ0v) is 18.4. The summed E-state index contributed by atoms with van der Waals surface area (Å²) in [5.41, 5.74) is 2.51. The van der Waals surface area contributed by atoms with E-state index in [-0.39, 0.29) is 22.3 Å². The van der Waals surface area contributed by atoms with Crippen molar-refractivity contribution >= 4 is 68.0 Å². The molecule has 1 aromatic heterocycles. The van der Waals surface area contributed by atoms with E-state index in [1.807, 2.05) is 42.5 Å². The smallest absolute Gasteiger partial charge is 0.350 e. The minimum atomic E-state index is -0.678. The van der Waals surface area contributed by atoms with Gasteiger partial charge in [-0.2, -0.15) is 0 Å². The van der Waals surface area contributed by atoms with Crippen LogP contribution in [0.1, 0.15) is 20.0 Å². The highest BCUT2D eigenvalue weighted by Crippen LogP contribution is 2.41. The summed E-state index contributed by atoms with van der Waals surface area (Å²) in [4.78, 5) is 25.1. The predicted octanol–water partition coefficient (Wildman–Crippen LogP) is 7.57. The van der Waals surface area contributed by atoms with Gasteiger partial charge in [0.1, 0.15) is 4.88 Å². The fourth-order valence-corrected chi connectivity index (χ4v) is 5.27. The van der Waals surface area contributed by atoms with E-state index in [9.17, 15) is 9.59 Å². The highest BCUT2D eigenvalue weighted by Gasteiger charge is 2.21. The predicted molar refractivity (Wildman–Crippen MR) is 123 cm³/mol. The quantitative estimate of drug-likeness (QED) is 0.221. The number of ether oxygens (including phenoxy) is 1. The first-order chi connectivity index (χ1) is 14.4. The summed E-state index contributed by atoms with van der Waals surface area (Å²) in [7, 11) is 0. The van der Waals surface area contributed by atoms with Crippen molar-refractivity contribution in [2.24, 2.45) is 0 Å². The van der Waals surface area contributed by atoms with Crippen molar-refractivity contribution in [1.82, 2.24) is 0 Å². The highest BCUT2D eigenvalue weighted by atomic mass is 35.5. The number of ketones is 1. The largest absolute Gasteiger partial charge is 0.453 e. The molecule has 3 nitrogen and oxygen atoms in total. The lowest BCUT2D eigenvalue weighted by Gasteiger charge is -2.05. The Morgan fingerprint density at radius 2 is 1.53 bits per heavy atom. The van der Waals surface area contributed by atoms with Gasteiger partial charge in [-0.25, -0.2) is 4.79 Å². The van der Waals surface area contributed by atoms with Gasteiger partial charge in [-0.05, 0) is 23.3 Å². The molecule has 150 valence electrons. The van der Waals surface area contributed by atoms with Crippen LogP contribution in [0.25, 0.3) is 21.2 Å². The molecule has 0 fully saturated rings. The lowest BCUT2D eigenvalue weighted by Crippen LogP contribution is -2.13. The monoisotopic (exact) mass is 474 g/mol. The lowest BCUT2D eigenvalue weighted by atomic mass is 10.0. The molecule has 0 atom stereocenters. The van der Waals surface area contributed by atoms with Crippen LogP contribution in [-0.4, -0.2) is 18.4 Å². The number of carbonyl (C=O) groups is 2. The Hall–Kier alpha value is -2.37. The molecule has 0 aliphatic rings. The summed E-state index contributed by atoms with van der Waals surface area (Å²) >= 11 is 19.6. The first-order valence-electron chi connectivity index (χ1n) is 8.87. The van der Waals surface area contributed by atoms with Crippen molar-refractivity contribution in [2.75, 3.05) is 6.61 Å². The maximum atomic E-state index is 12.5. The van der Waals surface area contributed by atoms with Crippen LogP contribution in [0.4, 0.5) is 0 Å². The van der Waals surface area contributed by atoms with Crippen LogP contribution in [-0.2, 0) is 4.74 Å². The summed E-state index contributed by atoms with van der Waals surface area (Å²) in [5, 5.41) is 1.54. The summed E-state index contributed by atoms with van der Waals surface area (Å²) in [5.74, 6) is -0.982. The first kappa shape index (κ1) is 20.9. The van der Waals surface area contributed by atoms with Gasteiger partial charge in [0, 0.05) is 20.7 Å². The Kier molecular flexibility index (Phi) is 6.11. The average molecular weight is 476 g/mol. The molecule has 4 aromatic rings. The second kappa shape index (κ2) is 8.78. The fourth-order valence-electron chi connectivity index (χ4n) is 3.00. The molecule has 30 heavy (non-hydrogen) atoms. The third-order valence-electron chi connectivity index (χ3n) is 4.48. The molecule has 0 bridgehead atoms. The van der Waals surface area contributed by atoms with E-state index in [4.69, 9.17) is 39.5 Å². The van der Waals surface area contributed by atoms with Crippen LogP contribution in [0.3, 0.4) is 0 Å². The van der Waals surface area contributed by atoms with Gasteiger partial charge in [0.25, 0.3) is 0 Å². The van der Waals surface area contributed by atoms with Crippen molar-refractivity contribution in [3.05, 3.63) is 92.2 Å². The molecule has 0 amide bonds. The van der Waals surface area contributed by atoms with Gasteiger partial charge >= 0.3 is 5.97 Å². The zero-order chi connectivity index (χ0) is 21.3. The number of Topliss-reactive ketones (excluding diaryl/α,β-unsaturated/α-hetero) is 1. The zero-order valence-electron chi connectivity index (χ0n) is 15.3. The Balaban J connectivity index is 1.46. The first-order valence-corrected chi connectivity index (χ1v) is 10.8. The van der Waals surface area contributed by atoms with Gasteiger partial charge in [0.2, 0.25) is 0 Å². The number of benzene rings is 3. The van der Waals surface area contributed by atoms with Gasteiger partial charge in [0.15, 0.2) is 12.4 Å². The van der Waals surface area contributed by atoms with E-state index >= 15 is 0 Å². The second-order valence-electron chi connectivity index (χ2n) is 6.45. The van der Waals surface area contributed by atoms with E-state index < -0.39 is 5.97 Å². The summed E-state index contributed by atoms with van der Waals surface area (Å²) in [6, 6.07) is 20.2. The van der Waals surface area contributed by atoms with Crippen molar-refractivity contribution in [1.29, 1.82) is 0 Å². The average Bonchev–Trinajstić information content (AvgIpc) is 3.09.